The molecule has 2 rings (SSSR count). The first kappa shape index (κ1) is 11.1. The van der Waals surface area contributed by atoms with Crippen molar-refractivity contribution < 1.29 is 13.0 Å². The van der Waals surface area contributed by atoms with Crippen molar-refractivity contribution in [3.63, 3.8) is 0 Å². The molecule has 0 aliphatic carbocycles. The van der Waals surface area contributed by atoms with Crippen molar-refractivity contribution in [2.24, 2.45) is 0 Å². The Bertz CT molecular complexity index is 630. The molecule has 0 radical (unpaired) electrons. The molecule has 0 unspecified atom stereocenters. The quantitative estimate of drug-likeness (QED) is 0.815. The van der Waals surface area contributed by atoms with E-state index < -0.39 is 10.1 Å². The van der Waals surface area contributed by atoms with E-state index in [1.165, 1.54) is 6.07 Å². The predicted octanol–water partition coefficient (Wildman–Crippen LogP) is 2.65. The smallest absolute Gasteiger partial charge is 0.282 e. The molecule has 0 heterocycles. The number of rotatable bonds is 2. The van der Waals surface area contributed by atoms with Gasteiger partial charge in [0, 0.05) is 5.39 Å². The zero-order valence-electron chi connectivity index (χ0n) is 8.84. The molecule has 0 aliphatic rings. The first-order chi connectivity index (χ1) is 7.52. The van der Waals surface area contributed by atoms with Gasteiger partial charge in [0.25, 0.3) is 10.1 Å². The lowest BCUT2D eigenvalue weighted by atomic mass is 10.1. The van der Waals surface area contributed by atoms with Gasteiger partial charge in [-0.05, 0) is 23.4 Å². The Morgan fingerprint density at radius 3 is 2.56 bits per heavy atom. The number of benzene rings is 2. The van der Waals surface area contributed by atoms with Gasteiger partial charge in [-0.25, -0.2) is 0 Å². The Balaban J connectivity index is 2.80. The first-order valence-electron chi connectivity index (χ1n) is 5.01. The van der Waals surface area contributed by atoms with Gasteiger partial charge in [-0.2, -0.15) is 8.42 Å². The van der Waals surface area contributed by atoms with Crippen molar-refractivity contribution in [3.8, 4) is 0 Å². The molecule has 0 aromatic heterocycles. The SMILES string of the molecule is CCc1ccc2c(S(=O)(=O)O)cccc2c1. The van der Waals surface area contributed by atoms with Gasteiger partial charge >= 0.3 is 0 Å². The van der Waals surface area contributed by atoms with E-state index in [-0.39, 0.29) is 4.90 Å². The molecule has 2 aromatic carbocycles. The van der Waals surface area contributed by atoms with Crippen LogP contribution in [0.5, 0.6) is 0 Å². The molecule has 0 aliphatic heterocycles. The standard InChI is InChI=1S/C12H12O3S/c1-2-9-6-7-11-10(8-9)4-3-5-12(11)16(13,14)15/h3-8H,2H2,1H3,(H,13,14,15). The van der Waals surface area contributed by atoms with Crippen molar-refractivity contribution in [1.29, 1.82) is 0 Å². The van der Waals surface area contributed by atoms with Gasteiger partial charge in [0.1, 0.15) is 4.90 Å². The summed E-state index contributed by atoms with van der Waals surface area (Å²) in [4.78, 5) is -0.0346. The maximum Gasteiger partial charge on any atom is 0.295 e. The van der Waals surface area contributed by atoms with Crippen LogP contribution in [0.3, 0.4) is 0 Å². The van der Waals surface area contributed by atoms with E-state index in [2.05, 4.69) is 0 Å². The van der Waals surface area contributed by atoms with Crippen LogP contribution in [-0.2, 0) is 16.5 Å². The maximum absolute atomic E-state index is 11.2. The second-order valence-corrected chi connectivity index (χ2v) is 5.03. The Kier molecular flexibility index (Phi) is 2.69. The summed E-state index contributed by atoms with van der Waals surface area (Å²) in [6.07, 6.45) is 0.895. The summed E-state index contributed by atoms with van der Waals surface area (Å²) in [6.45, 7) is 2.04. The molecule has 0 fully saturated rings. The van der Waals surface area contributed by atoms with Gasteiger partial charge in [0.05, 0.1) is 0 Å². The topological polar surface area (TPSA) is 54.4 Å². The molecule has 16 heavy (non-hydrogen) atoms. The van der Waals surface area contributed by atoms with Gasteiger partial charge < -0.3 is 0 Å². The number of fused-ring (bicyclic) bond motifs is 1. The molecule has 1 N–H and O–H groups in total. The monoisotopic (exact) mass is 236 g/mol. The lowest BCUT2D eigenvalue weighted by molar-refractivity contribution is 0.484. The highest BCUT2D eigenvalue weighted by Crippen LogP contribution is 2.23. The highest BCUT2D eigenvalue weighted by Gasteiger charge is 2.13. The molecule has 84 valence electrons. The summed E-state index contributed by atoms with van der Waals surface area (Å²) in [7, 11) is -4.15. The van der Waals surface area contributed by atoms with Crippen LogP contribution >= 0.6 is 0 Å². The normalized spacial score (nSPS) is 11.9. The van der Waals surface area contributed by atoms with E-state index in [1.807, 2.05) is 25.1 Å². The summed E-state index contributed by atoms with van der Waals surface area (Å²) in [6, 6.07) is 10.4. The highest BCUT2D eigenvalue weighted by atomic mass is 32.2. The van der Waals surface area contributed by atoms with Crippen molar-refractivity contribution >= 4 is 20.9 Å². The van der Waals surface area contributed by atoms with Crippen molar-refractivity contribution in [2.45, 2.75) is 18.2 Å². The van der Waals surface area contributed by atoms with Crippen LogP contribution in [-0.4, -0.2) is 13.0 Å². The van der Waals surface area contributed by atoms with Crippen LogP contribution in [0.4, 0.5) is 0 Å². The van der Waals surface area contributed by atoms with Gasteiger partial charge in [0.15, 0.2) is 0 Å². The van der Waals surface area contributed by atoms with Crippen LogP contribution in [0.1, 0.15) is 12.5 Å². The highest BCUT2D eigenvalue weighted by molar-refractivity contribution is 7.86. The van der Waals surface area contributed by atoms with E-state index >= 15 is 0 Å². The van der Waals surface area contributed by atoms with Crippen LogP contribution < -0.4 is 0 Å². The van der Waals surface area contributed by atoms with Crippen LogP contribution in [0, 0.1) is 0 Å². The fourth-order valence-corrected chi connectivity index (χ4v) is 2.46. The minimum Gasteiger partial charge on any atom is -0.282 e. The summed E-state index contributed by atoms with van der Waals surface area (Å²) in [5, 5.41) is 1.39. The number of hydrogen-bond donors (Lipinski definition) is 1. The zero-order chi connectivity index (χ0) is 11.8. The number of hydrogen-bond acceptors (Lipinski definition) is 2. The third-order valence-corrected chi connectivity index (χ3v) is 3.50. The predicted molar refractivity (Wildman–Crippen MR) is 63.1 cm³/mol. The molecule has 0 bridgehead atoms. The zero-order valence-corrected chi connectivity index (χ0v) is 9.66. The minimum absolute atomic E-state index is 0.0346. The molecule has 3 nitrogen and oxygen atoms in total. The molecule has 0 amide bonds. The van der Waals surface area contributed by atoms with E-state index in [0.717, 1.165) is 17.4 Å². The van der Waals surface area contributed by atoms with Crippen LogP contribution in [0.15, 0.2) is 41.3 Å². The molecule has 0 saturated carbocycles. The average Bonchev–Trinajstić information content (AvgIpc) is 2.26. The molecule has 0 spiro atoms. The Morgan fingerprint density at radius 1 is 1.19 bits per heavy atom. The van der Waals surface area contributed by atoms with Crippen molar-refractivity contribution in [2.75, 3.05) is 0 Å². The lowest BCUT2D eigenvalue weighted by Gasteiger charge is -2.05. The van der Waals surface area contributed by atoms with E-state index in [4.69, 9.17) is 4.55 Å². The lowest BCUT2D eigenvalue weighted by Crippen LogP contribution is -1.98. The number of aryl methyl sites for hydroxylation is 1. The fourth-order valence-electron chi connectivity index (χ4n) is 1.75. The minimum atomic E-state index is -4.15. The van der Waals surface area contributed by atoms with E-state index in [0.29, 0.717) is 5.39 Å². The van der Waals surface area contributed by atoms with Crippen molar-refractivity contribution in [1.82, 2.24) is 0 Å². The fraction of sp³-hybridized carbons (Fsp3) is 0.167. The maximum atomic E-state index is 11.2. The third kappa shape index (κ3) is 1.94. The summed E-state index contributed by atoms with van der Waals surface area (Å²) in [5.41, 5.74) is 1.14. The van der Waals surface area contributed by atoms with Crippen LogP contribution in [0.2, 0.25) is 0 Å². The van der Waals surface area contributed by atoms with Gasteiger partial charge in [-0.3, -0.25) is 4.55 Å². The summed E-state index contributed by atoms with van der Waals surface area (Å²) < 4.78 is 31.4. The second-order valence-electron chi connectivity index (χ2n) is 3.64. The summed E-state index contributed by atoms with van der Waals surface area (Å²) in [5.74, 6) is 0. The molecular formula is C12H12O3S. The molecule has 2 aromatic rings. The Hall–Kier alpha value is -1.39. The van der Waals surface area contributed by atoms with Crippen LogP contribution in [0.25, 0.3) is 10.8 Å². The molecular weight excluding hydrogens is 224 g/mol. The largest absolute Gasteiger partial charge is 0.295 e. The Morgan fingerprint density at radius 2 is 1.94 bits per heavy atom. The second kappa shape index (κ2) is 3.88. The van der Waals surface area contributed by atoms with E-state index in [1.54, 1.807) is 12.1 Å². The Labute approximate surface area is 94.5 Å². The first-order valence-corrected chi connectivity index (χ1v) is 6.45. The van der Waals surface area contributed by atoms with Crippen molar-refractivity contribution in [3.05, 3.63) is 42.0 Å². The van der Waals surface area contributed by atoms with Gasteiger partial charge in [0.2, 0.25) is 0 Å². The third-order valence-electron chi connectivity index (χ3n) is 2.59. The molecule has 4 heteroatoms. The van der Waals surface area contributed by atoms with E-state index in [9.17, 15) is 8.42 Å². The average molecular weight is 236 g/mol. The molecule has 0 atom stereocenters. The summed E-state index contributed by atoms with van der Waals surface area (Å²) >= 11 is 0. The van der Waals surface area contributed by atoms with Gasteiger partial charge in [-0.15, -0.1) is 0 Å². The van der Waals surface area contributed by atoms with Gasteiger partial charge in [-0.1, -0.05) is 37.3 Å². The molecule has 0 saturated heterocycles.